The minimum atomic E-state index is -0.817. The number of hydrogen-bond acceptors (Lipinski definition) is 2. The van der Waals surface area contributed by atoms with Crippen LogP contribution in [0.15, 0.2) is 24.3 Å². The Morgan fingerprint density at radius 2 is 2.11 bits per heavy atom. The summed E-state index contributed by atoms with van der Waals surface area (Å²) in [7, 11) is 0. The lowest BCUT2D eigenvalue weighted by atomic mass is 9.89. The Balaban J connectivity index is 2.38. The van der Waals surface area contributed by atoms with Gasteiger partial charge >= 0.3 is 5.97 Å². The highest BCUT2D eigenvalue weighted by molar-refractivity contribution is 5.97. The maximum atomic E-state index is 12.3. The molecule has 1 amide bonds. The molecule has 0 radical (unpaired) electrons. The third-order valence-corrected chi connectivity index (χ3v) is 3.84. The minimum Gasteiger partial charge on any atom is -0.481 e. The predicted octanol–water partition coefficient (Wildman–Crippen LogP) is 2.64. The van der Waals surface area contributed by atoms with Gasteiger partial charge in [-0.2, -0.15) is 0 Å². The van der Waals surface area contributed by atoms with E-state index in [4.69, 9.17) is 0 Å². The van der Waals surface area contributed by atoms with Crippen molar-refractivity contribution in [3.05, 3.63) is 29.8 Å². The highest BCUT2D eigenvalue weighted by atomic mass is 16.4. The first kappa shape index (κ1) is 13.6. The molecule has 1 aliphatic heterocycles. The molecule has 1 aliphatic rings. The molecule has 1 aromatic carbocycles. The van der Waals surface area contributed by atoms with Crippen LogP contribution in [0.1, 0.15) is 38.2 Å². The second kappa shape index (κ2) is 5.43. The molecule has 102 valence electrons. The van der Waals surface area contributed by atoms with E-state index in [0.717, 1.165) is 17.7 Å². The molecule has 2 rings (SSSR count). The SMILES string of the molecule is CCC(C)C(=O)N1CCC(C(=O)O)c2ccccc21. The summed E-state index contributed by atoms with van der Waals surface area (Å²) in [5, 5.41) is 9.26. The van der Waals surface area contributed by atoms with Crippen LogP contribution in [0.5, 0.6) is 0 Å². The molecule has 2 atom stereocenters. The van der Waals surface area contributed by atoms with E-state index in [0.29, 0.717) is 13.0 Å². The number of benzene rings is 1. The molecule has 2 unspecified atom stereocenters. The van der Waals surface area contributed by atoms with E-state index in [1.54, 1.807) is 4.90 Å². The molecular formula is C15H19NO3. The van der Waals surface area contributed by atoms with Gasteiger partial charge in [-0.25, -0.2) is 0 Å². The number of carboxylic acid groups (broad SMARTS) is 1. The lowest BCUT2D eigenvalue weighted by molar-refractivity contribution is -0.139. The zero-order valence-corrected chi connectivity index (χ0v) is 11.3. The summed E-state index contributed by atoms with van der Waals surface area (Å²) >= 11 is 0. The zero-order valence-electron chi connectivity index (χ0n) is 11.3. The van der Waals surface area contributed by atoms with Crippen LogP contribution < -0.4 is 4.90 Å². The molecule has 19 heavy (non-hydrogen) atoms. The van der Waals surface area contributed by atoms with Gasteiger partial charge in [0.05, 0.1) is 5.92 Å². The van der Waals surface area contributed by atoms with E-state index in [-0.39, 0.29) is 11.8 Å². The summed E-state index contributed by atoms with van der Waals surface area (Å²) < 4.78 is 0. The van der Waals surface area contributed by atoms with Crippen LogP contribution in [0.4, 0.5) is 5.69 Å². The number of para-hydroxylation sites is 1. The van der Waals surface area contributed by atoms with Gasteiger partial charge in [0.2, 0.25) is 5.91 Å². The second-order valence-corrected chi connectivity index (χ2v) is 5.04. The molecule has 4 nitrogen and oxygen atoms in total. The fourth-order valence-corrected chi connectivity index (χ4v) is 2.49. The van der Waals surface area contributed by atoms with E-state index in [1.165, 1.54) is 0 Å². The predicted molar refractivity (Wildman–Crippen MR) is 73.2 cm³/mol. The highest BCUT2D eigenvalue weighted by Gasteiger charge is 2.33. The number of anilines is 1. The second-order valence-electron chi connectivity index (χ2n) is 5.04. The van der Waals surface area contributed by atoms with Crippen molar-refractivity contribution in [3.8, 4) is 0 Å². The molecule has 1 heterocycles. The largest absolute Gasteiger partial charge is 0.481 e. The Bertz CT molecular complexity index is 498. The lowest BCUT2D eigenvalue weighted by Gasteiger charge is -2.34. The highest BCUT2D eigenvalue weighted by Crippen LogP contribution is 2.36. The van der Waals surface area contributed by atoms with Crippen LogP contribution in [0.3, 0.4) is 0 Å². The molecule has 0 saturated carbocycles. The molecule has 1 N–H and O–H groups in total. The van der Waals surface area contributed by atoms with Gasteiger partial charge in [-0.05, 0) is 24.5 Å². The summed E-state index contributed by atoms with van der Waals surface area (Å²) in [5.41, 5.74) is 1.50. The van der Waals surface area contributed by atoms with Crippen molar-refractivity contribution in [1.82, 2.24) is 0 Å². The van der Waals surface area contributed by atoms with Crippen LogP contribution in [0.2, 0.25) is 0 Å². The topological polar surface area (TPSA) is 57.6 Å². The smallest absolute Gasteiger partial charge is 0.311 e. The Hall–Kier alpha value is -1.84. The standard InChI is InChI=1S/C15H19NO3/c1-3-10(2)14(17)16-9-8-12(15(18)19)11-6-4-5-7-13(11)16/h4-7,10,12H,3,8-9H2,1-2H3,(H,18,19). The first-order valence-corrected chi connectivity index (χ1v) is 6.69. The Labute approximate surface area is 113 Å². The van der Waals surface area contributed by atoms with E-state index >= 15 is 0 Å². The molecule has 0 aliphatic carbocycles. The van der Waals surface area contributed by atoms with Crippen LogP contribution >= 0.6 is 0 Å². The Kier molecular flexibility index (Phi) is 3.88. The Morgan fingerprint density at radius 3 is 2.74 bits per heavy atom. The van der Waals surface area contributed by atoms with E-state index in [2.05, 4.69) is 0 Å². The molecule has 0 saturated heterocycles. The first-order chi connectivity index (χ1) is 9.06. The number of hydrogen-bond donors (Lipinski definition) is 1. The number of carboxylic acids is 1. The number of nitrogens with zero attached hydrogens (tertiary/aromatic N) is 1. The summed E-state index contributed by atoms with van der Waals surface area (Å²) in [6, 6.07) is 7.32. The van der Waals surface area contributed by atoms with Gasteiger partial charge in [0.1, 0.15) is 0 Å². The summed E-state index contributed by atoms with van der Waals surface area (Å²) in [4.78, 5) is 25.4. The van der Waals surface area contributed by atoms with Crippen molar-refractivity contribution in [2.45, 2.75) is 32.6 Å². The number of carbonyl (C=O) groups is 2. The number of rotatable bonds is 3. The van der Waals surface area contributed by atoms with Gasteiger partial charge in [0.15, 0.2) is 0 Å². The maximum absolute atomic E-state index is 12.3. The average molecular weight is 261 g/mol. The third-order valence-electron chi connectivity index (χ3n) is 3.84. The first-order valence-electron chi connectivity index (χ1n) is 6.69. The van der Waals surface area contributed by atoms with Gasteiger partial charge in [-0.3, -0.25) is 9.59 Å². The molecular weight excluding hydrogens is 242 g/mol. The van der Waals surface area contributed by atoms with E-state index < -0.39 is 11.9 Å². The fourth-order valence-electron chi connectivity index (χ4n) is 2.49. The quantitative estimate of drug-likeness (QED) is 0.910. The van der Waals surface area contributed by atoms with Crippen molar-refractivity contribution < 1.29 is 14.7 Å². The molecule has 1 aromatic rings. The number of carbonyl (C=O) groups excluding carboxylic acids is 1. The fraction of sp³-hybridized carbons (Fsp3) is 0.467. The van der Waals surface area contributed by atoms with Crippen molar-refractivity contribution in [1.29, 1.82) is 0 Å². The summed E-state index contributed by atoms with van der Waals surface area (Å²) in [5.74, 6) is -1.27. The van der Waals surface area contributed by atoms with Crippen LogP contribution in [-0.4, -0.2) is 23.5 Å². The molecule has 0 fully saturated rings. The number of aliphatic carboxylic acids is 1. The molecule has 4 heteroatoms. The average Bonchev–Trinajstić information content (AvgIpc) is 2.44. The molecule has 0 aromatic heterocycles. The van der Waals surface area contributed by atoms with E-state index in [1.807, 2.05) is 38.1 Å². The van der Waals surface area contributed by atoms with Gasteiger partial charge in [0, 0.05) is 18.2 Å². The van der Waals surface area contributed by atoms with Gasteiger partial charge in [-0.15, -0.1) is 0 Å². The Morgan fingerprint density at radius 1 is 1.42 bits per heavy atom. The molecule has 0 spiro atoms. The summed E-state index contributed by atoms with van der Waals surface area (Å²) in [6.07, 6.45) is 1.27. The van der Waals surface area contributed by atoms with Gasteiger partial charge < -0.3 is 10.0 Å². The van der Waals surface area contributed by atoms with Crippen molar-refractivity contribution in [2.24, 2.45) is 5.92 Å². The van der Waals surface area contributed by atoms with Crippen molar-refractivity contribution in [3.63, 3.8) is 0 Å². The maximum Gasteiger partial charge on any atom is 0.311 e. The monoisotopic (exact) mass is 261 g/mol. The van der Waals surface area contributed by atoms with E-state index in [9.17, 15) is 14.7 Å². The molecule has 0 bridgehead atoms. The van der Waals surface area contributed by atoms with Crippen molar-refractivity contribution >= 4 is 17.6 Å². The van der Waals surface area contributed by atoms with Crippen LogP contribution in [-0.2, 0) is 9.59 Å². The minimum absolute atomic E-state index is 0.0329. The third kappa shape index (κ3) is 2.48. The normalized spacial score (nSPS) is 19.7. The van der Waals surface area contributed by atoms with Crippen molar-refractivity contribution in [2.75, 3.05) is 11.4 Å². The summed E-state index contributed by atoms with van der Waals surface area (Å²) in [6.45, 7) is 4.38. The number of amides is 1. The zero-order chi connectivity index (χ0) is 14.0. The van der Waals surface area contributed by atoms with Crippen LogP contribution in [0.25, 0.3) is 0 Å². The number of fused-ring (bicyclic) bond motifs is 1. The lowest BCUT2D eigenvalue weighted by Crippen LogP contribution is -2.40. The van der Waals surface area contributed by atoms with Gasteiger partial charge in [0.25, 0.3) is 0 Å². The van der Waals surface area contributed by atoms with Gasteiger partial charge in [-0.1, -0.05) is 32.0 Å². The van der Waals surface area contributed by atoms with Crippen LogP contribution in [0, 0.1) is 5.92 Å².